The molecule has 0 unspecified atom stereocenters. The van der Waals surface area contributed by atoms with Crippen molar-refractivity contribution in [2.45, 2.75) is 0 Å². The fourth-order valence-electron chi connectivity index (χ4n) is 1.37. The molecule has 1 aromatic carbocycles. The van der Waals surface area contributed by atoms with E-state index in [2.05, 4.69) is 4.98 Å². The lowest BCUT2D eigenvalue weighted by Crippen LogP contribution is -1.98. The average Bonchev–Trinajstić information content (AvgIpc) is 2.21. The molecule has 0 saturated carbocycles. The zero-order valence-corrected chi connectivity index (χ0v) is 9.01. The van der Waals surface area contributed by atoms with Gasteiger partial charge in [0.1, 0.15) is 0 Å². The monoisotopic (exact) mass is 240 g/mol. The van der Waals surface area contributed by atoms with Gasteiger partial charge >= 0.3 is 0 Å². The van der Waals surface area contributed by atoms with Crippen molar-refractivity contribution in [3.05, 3.63) is 33.9 Å². The van der Waals surface area contributed by atoms with Crippen LogP contribution in [0, 0.1) is 0 Å². The van der Waals surface area contributed by atoms with Gasteiger partial charge in [-0.05, 0) is 18.2 Å². The Morgan fingerprint density at radius 1 is 1.33 bits per heavy atom. The van der Waals surface area contributed by atoms with Crippen LogP contribution in [0.1, 0.15) is 10.4 Å². The number of hydrogen-bond acceptors (Lipinski definition) is 3. The van der Waals surface area contributed by atoms with Crippen LogP contribution in [0.3, 0.4) is 0 Å². The molecule has 0 radical (unpaired) electrons. The van der Waals surface area contributed by atoms with Crippen molar-refractivity contribution < 1.29 is 4.79 Å². The molecule has 15 heavy (non-hydrogen) atoms. The molecule has 1 aromatic heterocycles. The summed E-state index contributed by atoms with van der Waals surface area (Å²) in [5.74, 6) is 0. The van der Waals surface area contributed by atoms with E-state index in [-0.39, 0.29) is 10.8 Å². The Balaban J connectivity index is 2.95. The van der Waals surface area contributed by atoms with Gasteiger partial charge in [0.2, 0.25) is 0 Å². The lowest BCUT2D eigenvalue weighted by atomic mass is 10.1. The molecule has 2 rings (SSSR count). The molecule has 0 aliphatic heterocycles. The molecule has 0 atom stereocenters. The standard InChI is InChI=1S/C10H6Cl2N2O/c11-5-1-2-8-6(3-5)7(4-15)9(13)10(12)14-8/h1-4H,13H2. The molecular formula is C10H6Cl2N2O. The summed E-state index contributed by atoms with van der Waals surface area (Å²) >= 11 is 11.6. The van der Waals surface area contributed by atoms with E-state index in [1.54, 1.807) is 18.2 Å². The number of nitrogens with two attached hydrogens (primary N) is 1. The number of aromatic nitrogens is 1. The second-order valence-corrected chi connectivity index (χ2v) is 3.80. The fraction of sp³-hybridized carbons (Fsp3) is 0. The molecule has 0 fully saturated rings. The van der Waals surface area contributed by atoms with Gasteiger partial charge in [-0.1, -0.05) is 23.2 Å². The highest BCUT2D eigenvalue weighted by molar-refractivity contribution is 6.34. The van der Waals surface area contributed by atoms with E-state index < -0.39 is 0 Å². The van der Waals surface area contributed by atoms with Crippen LogP contribution in [-0.4, -0.2) is 11.3 Å². The number of nitrogens with zero attached hydrogens (tertiary/aromatic N) is 1. The number of aldehydes is 1. The SMILES string of the molecule is Nc1c(Cl)nc2ccc(Cl)cc2c1C=O. The minimum Gasteiger partial charge on any atom is -0.396 e. The van der Waals surface area contributed by atoms with Crippen LogP contribution in [0.25, 0.3) is 10.9 Å². The minimum atomic E-state index is 0.131. The van der Waals surface area contributed by atoms with Crippen LogP contribution >= 0.6 is 23.2 Å². The van der Waals surface area contributed by atoms with E-state index in [0.29, 0.717) is 27.8 Å². The summed E-state index contributed by atoms with van der Waals surface area (Å²) in [6.07, 6.45) is 0.654. The molecule has 0 spiro atoms. The summed E-state index contributed by atoms with van der Waals surface area (Å²) in [7, 11) is 0. The zero-order chi connectivity index (χ0) is 11.0. The normalized spacial score (nSPS) is 10.5. The highest BCUT2D eigenvalue weighted by Crippen LogP contribution is 2.28. The Morgan fingerprint density at radius 2 is 2.07 bits per heavy atom. The van der Waals surface area contributed by atoms with E-state index in [9.17, 15) is 4.79 Å². The van der Waals surface area contributed by atoms with Crippen LogP contribution in [-0.2, 0) is 0 Å². The van der Waals surface area contributed by atoms with Gasteiger partial charge in [0.15, 0.2) is 11.4 Å². The van der Waals surface area contributed by atoms with Crippen molar-refractivity contribution in [3.63, 3.8) is 0 Å². The maximum Gasteiger partial charge on any atom is 0.153 e. The summed E-state index contributed by atoms with van der Waals surface area (Å²) in [6, 6.07) is 5.01. The molecule has 0 saturated heterocycles. The summed E-state index contributed by atoms with van der Waals surface area (Å²) in [6.45, 7) is 0. The third kappa shape index (κ3) is 1.64. The quantitative estimate of drug-likeness (QED) is 0.616. The number of benzene rings is 1. The number of carbonyl (C=O) groups excluding carboxylic acids is 1. The number of nitrogen functional groups attached to an aromatic ring is 1. The van der Waals surface area contributed by atoms with Gasteiger partial charge in [-0.15, -0.1) is 0 Å². The highest BCUT2D eigenvalue weighted by Gasteiger charge is 2.10. The number of anilines is 1. The van der Waals surface area contributed by atoms with Crippen molar-refractivity contribution in [1.82, 2.24) is 4.98 Å². The van der Waals surface area contributed by atoms with Crippen molar-refractivity contribution >= 4 is 46.1 Å². The predicted octanol–water partition coefficient (Wildman–Crippen LogP) is 2.94. The summed E-state index contributed by atoms with van der Waals surface area (Å²) in [5.41, 5.74) is 6.75. The first kappa shape index (κ1) is 10.2. The number of halogens is 2. The van der Waals surface area contributed by atoms with Gasteiger partial charge in [0, 0.05) is 16.0 Å². The van der Waals surface area contributed by atoms with Crippen LogP contribution in [0.2, 0.25) is 10.2 Å². The van der Waals surface area contributed by atoms with E-state index in [1.165, 1.54) is 0 Å². The fourth-order valence-corrected chi connectivity index (χ4v) is 1.74. The molecule has 3 nitrogen and oxygen atoms in total. The Bertz CT molecular complexity index is 555. The predicted molar refractivity (Wildman–Crippen MR) is 61.6 cm³/mol. The first-order valence-electron chi connectivity index (χ1n) is 4.13. The van der Waals surface area contributed by atoms with Gasteiger partial charge in [0.25, 0.3) is 0 Å². The van der Waals surface area contributed by atoms with Gasteiger partial charge < -0.3 is 5.73 Å². The van der Waals surface area contributed by atoms with E-state index in [0.717, 1.165) is 0 Å². The van der Waals surface area contributed by atoms with Crippen LogP contribution < -0.4 is 5.73 Å². The number of pyridine rings is 1. The summed E-state index contributed by atoms with van der Waals surface area (Å²) in [5, 5.41) is 1.26. The second kappa shape index (κ2) is 3.68. The lowest BCUT2D eigenvalue weighted by Gasteiger charge is -2.06. The Labute approximate surface area is 95.8 Å². The topological polar surface area (TPSA) is 56.0 Å². The third-order valence-corrected chi connectivity index (χ3v) is 2.62. The van der Waals surface area contributed by atoms with Crippen molar-refractivity contribution in [1.29, 1.82) is 0 Å². The van der Waals surface area contributed by atoms with Crippen LogP contribution in [0.4, 0.5) is 5.69 Å². The largest absolute Gasteiger partial charge is 0.396 e. The molecule has 1 heterocycles. The van der Waals surface area contributed by atoms with E-state index in [1.807, 2.05) is 0 Å². The summed E-state index contributed by atoms with van der Waals surface area (Å²) in [4.78, 5) is 14.9. The minimum absolute atomic E-state index is 0.131. The second-order valence-electron chi connectivity index (χ2n) is 3.01. The molecule has 76 valence electrons. The van der Waals surface area contributed by atoms with E-state index >= 15 is 0 Å². The van der Waals surface area contributed by atoms with Crippen molar-refractivity contribution in [2.75, 3.05) is 5.73 Å². The van der Waals surface area contributed by atoms with Crippen LogP contribution in [0.15, 0.2) is 18.2 Å². The molecule has 0 aliphatic carbocycles. The zero-order valence-electron chi connectivity index (χ0n) is 7.50. The third-order valence-electron chi connectivity index (χ3n) is 2.10. The van der Waals surface area contributed by atoms with Gasteiger partial charge in [-0.3, -0.25) is 4.79 Å². The van der Waals surface area contributed by atoms with Gasteiger partial charge in [0.05, 0.1) is 11.2 Å². The molecule has 5 heteroatoms. The maximum atomic E-state index is 10.9. The van der Waals surface area contributed by atoms with Crippen molar-refractivity contribution in [3.8, 4) is 0 Å². The first-order valence-corrected chi connectivity index (χ1v) is 4.88. The molecular weight excluding hydrogens is 235 g/mol. The number of carbonyl (C=O) groups is 1. The smallest absolute Gasteiger partial charge is 0.153 e. The molecule has 2 aromatic rings. The molecule has 0 amide bonds. The Morgan fingerprint density at radius 3 is 2.73 bits per heavy atom. The first-order chi connectivity index (χ1) is 7.13. The average molecular weight is 241 g/mol. The van der Waals surface area contributed by atoms with Gasteiger partial charge in [-0.25, -0.2) is 4.98 Å². The Hall–Kier alpha value is -1.32. The van der Waals surface area contributed by atoms with Crippen molar-refractivity contribution in [2.24, 2.45) is 0 Å². The van der Waals surface area contributed by atoms with E-state index in [4.69, 9.17) is 28.9 Å². The molecule has 2 N–H and O–H groups in total. The number of hydrogen-bond donors (Lipinski definition) is 1. The molecule has 0 bridgehead atoms. The van der Waals surface area contributed by atoms with Crippen LogP contribution in [0.5, 0.6) is 0 Å². The number of rotatable bonds is 1. The van der Waals surface area contributed by atoms with Gasteiger partial charge in [-0.2, -0.15) is 0 Å². The maximum absolute atomic E-state index is 10.9. The lowest BCUT2D eigenvalue weighted by molar-refractivity contribution is 0.112. The molecule has 0 aliphatic rings. The highest BCUT2D eigenvalue weighted by atomic mass is 35.5. The summed E-state index contributed by atoms with van der Waals surface area (Å²) < 4.78 is 0. The number of fused-ring (bicyclic) bond motifs is 1. The Kier molecular flexibility index (Phi) is 2.50.